The number of piperidine rings is 1. The standard InChI is InChI=1S/C18H17BrClN3O3S/c19-12-5-6-17(14(20)11-12)27(25,26)22-9-7-13(8-10-22)23-16-4-2-1-3-15(16)21-18(23)24/h1-6,11,13H,7-10H2,(H,21,24). The van der Waals surface area contributed by atoms with Crippen molar-refractivity contribution in [1.29, 1.82) is 0 Å². The Bertz CT molecular complexity index is 1160. The van der Waals surface area contributed by atoms with Crippen molar-refractivity contribution in [3.63, 3.8) is 0 Å². The molecule has 0 saturated carbocycles. The van der Waals surface area contributed by atoms with E-state index < -0.39 is 10.0 Å². The van der Waals surface area contributed by atoms with Crippen molar-refractivity contribution in [2.75, 3.05) is 13.1 Å². The van der Waals surface area contributed by atoms with Crippen LogP contribution in [-0.4, -0.2) is 35.4 Å². The minimum atomic E-state index is -3.67. The maximum Gasteiger partial charge on any atom is 0.326 e. The Labute approximate surface area is 169 Å². The predicted octanol–water partition coefficient (Wildman–Crippen LogP) is 3.77. The molecule has 4 rings (SSSR count). The van der Waals surface area contributed by atoms with Crippen LogP contribution >= 0.6 is 27.5 Å². The third-order valence-electron chi connectivity index (χ3n) is 4.92. The van der Waals surface area contributed by atoms with Crippen molar-refractivity contribution in [2.45, 2.75) is 23.8 Å². The molecule has 0 amide bonds. The molecule has 6 nitrogen and oxygen atoms in total. The number of aromatic amines is 1. The molecule has 1 aliphatic rings. The van der Waals surface area contributed by atoms with Crippen LogP contribution in [0.25, 0.3) is 11.0 Å². The smallest absolute Gasteiger partial charge is 0.306 e. The number of imidazole rings is 1. The minimum absolute atomic E-state index is 0.0412. The summed E-state index contributed by atoms with van der Waals surface area (Å²) in [7, 11) is -3.67. The van der Waals surface area contributed by atoms with Crippen LogP contribution in [0.5, 0.6) is 0 Å². The molecule has 2 heterocycles. The minimum Gasteiger partial charge on any atom is -0.306 e. The molecule has 2 aromatic carbocycles. The lowest BCUT2D eigenvalue weighted by Crippen LogP contribution is -2.40. The Kier molecular flexibility index (Phi) is 4.92. The van der Waals surface area contributed by atoms with Crippen LogP contribution in [0.1, 0.15) is 18.9 Å². The lowest BCUT2D eigenvalue weighted by Gasteiger charge is -2.32. The summed E-state index contributed by atoms with van der Waals surface area (Å²) in [4.78, 5) is 15.3. The molecule has 1 aliphatic heterocycles. The number of H-pyrrole nitrogens is 1. The normalized spacial score (nSPS) is 16.8. The van der Waals surface area contributed by atoms with Crippen LogP contribution < -0.4 is 5.69 Å². The average molecular weight is 471 g/mol. The highest BCUT2D eigenvalue weighted by molar-refractivity contribution is 9.10. The van der Waals surface area contributed by atoms with E-state index >= 15 is 0 Å². The number of fused-ring (bicyclic) bond motifs is 1. The average Bonchev–Trinajstić information content (AvgIpc) is 2.97. The molecule has 0 atom stereocenters. The maximum atomic E-state index is 12.9. The molecule has 1 saturated heterocycles. The van der Waals surface area contributed by atoms with Crippen LogP contribution in [0.15, 0.2) is 56.6 Å². The highest BCUT2D eigenvalue weighted by Crippen LogP contribution is 2.31. The summed E-state index contributed by atoms with van der Waals surface area (Å²) in [5.74, 6) is 0. The van der Waals surface area contributed by atoms with E-state index in [1.54, 1.807) is 16.7 Å². The van der Waals surface area contributed by atoms with Gasteiger partial charge < -0.3 is 4.98 Å². The number of benzene rings is 2. The van der Waals surface area contributed by atoms with Gasteiger partial charge in [0.1, 0.15) is 4.90 Å². The Balaban J connectivity index is 1.58. The molecule has 0 aliphatic carbocycles. The first-order valence-corrected chi connectivity index (χ1v) is 11.1. The Morgan fingerprint density at radius 3 is 2.52 bits per heavy atom. The summed E-state index contributed by atoms with van der Waals surface area (Å²) in [6, 6.07) is 12.2. The first kappa shape index (κ1) is 18.7. The summed E-state index contributed by atoms with van der Waals surface area (Å²) < 4.78 is 29.8. The molecule has 1 aromatic heterocycles. The molecule has 1 N–H and O–H groups in total. The SMILES string of the molecule is O=c1[nH]c2ccccc2n1C1CCN(S(=O)(=O)c2ccc(Br)cc2Cl)CC1. The van der Waals surface area contributed by atoms with Gasteiger partial charge in [0.25, 0.3) is 0 Å². The fraction of sp³-hybridized carbons (Fsp3) is 0.278. The number of rotatable bonds is 3. The number of hydrogen-bond acceptors (Lipinski definition) is 3. The Morgan fingerprint density at radius 1 is 1.11 bits per heavy atom. The van der Waals surface area contributed by atoms with E-state index in [4.69, 9.17) is 11.6 Å². The Morgan fingerprint density at radius 2 is 1.81 bits per heavy atom. The number of halogens is 2. The number of nitrogens with zero attached hydrogens (tertiary/aromatic N) is 2. The summed E-state index contributed by atoms with van der Waals surface area (Å²) >= 11 is 9.43. The Hall–Kier alpha value is -1.61. The van der Waals surface area contributed by atoms with Gasteiger partial charge in [-0.15, -0.1) is 0 Å². The molecule has 0 radical (unpaired) electrons. The molecule has 27 heavy (non-hydrogen) atoms. The van der Waals surface area contributed by atoms with Gasteiger partial charge in [-0.25, -0.2) is 13.2 Å². The van der Waals surface area contributed by atoms with Gasteiger partial charge in [-0.3, -0.25) is 4.57 Å². The molecule has 0 unspecified atom stereocenters. The van der Waals surface area contributed by atoms with Crippen molar-refractivity contribution in [3.8, 4) is 0 Å². The van der Waals surface area contributed by atoms with Crippen LogP contribution in [0, 0.1) is 0 Å². The topological polar surface area (TPSA) is 75.2 Å². The van der Waals surface area contributed by atoms with Crippen LogP contribution in [0.3, 0.4) is 0 Å². The molecule has 1 fully saturated rings. The second-order valence-electron chi connectivity index (χ2n) is 6.53. The molecule has 0 bridgehead atoms. The summed E-state index contributed by atoms with van der Waals surface area (Å²) in [5.41, 5.74) is 1.48. The zero-order valence-electron chi connectivity index (χ0n) is 14.2. The van der Waals surface area contributed by atoms with Gasteiger partial charge in [0.05, 0.1) is 16.1 Å². The van der Waals surface area contributed by atoms with E-state index in [1.165, 1.54) is 10.4 Å². The maximum absolute atomic E-state index is 12.9. The van der Waals surface area contributed by atoms with Crippen molar-refractivity contribution in [2.24, 2.45) is 0 Å². The third-order valence-corrected chi connectivity index (χ3v) is 7.80. The summed E-state index contributed by atoms with van der Waals surface area (Å²) in [6.45, 7) is 0.677. The van der Waals surface area contributed by atoms with Gasteiger partial charge in [0.2, 0.25) is 10.0 Å². The van der Waals surface area contributed by atoms with E-state index in [1.807, 2.05) is 24.3 Å². The van der Waals surface area contributed by atoms with E-state index in [2.05, 4.69) is 20.9 Å². The van der Waals surface area contributed by atoms with Gasteiger partial charge in [-0.05, 0) is 43.2 Å². The number of aromatic nitrogens is 2. The van der Waals surface area contributed by atoms with E-state index in [0.29, 0.717) is 25.9 Å². The van der Waals surface area contributed by atoms with Gasteiger partial charge in [0.15, 0.2) is 0 Å². The van der Waals surface area contributed by atoms with Gasteiger partial charge >= 0.3 is 5.69 Å². The molecular formula is C18H17BrClN3O3S. The monoisotopic (exact) mass is 469 g/mol. The van der Waals surface area contributed by atoms with Crippen molar-refractivity contribution < 1.29 is 8.42 Å². The van der Waals surface area contributed by atoms with E-state index in [-0.39, 0.29) is 21.6 Å². The number of nitrogens with one attached hydrogen (secondary N) is 1. The third kappa shape index (κ3) is 3.35. The molecule has 142 valence electrons. The molecule has 9 heteroatoms. The van der Waals surface area contributed by atoms with Gasteiger partial charge in [-0.1, -0.05) is 39.7 Å². The molecule has 3 aromatic rings. The first-order chi connectivity index (χ1) is 12.9. The van der Waals surface area contributed by atoms with Crippen molar-refractivity contribution in [3.05, 3.63) is 62.4 Å². The van der Waals surface area contributed by atoms with Crippen LogP contribution in [0.4, 0.5) is 0 Å². The second-order valence-corrected chi connectivity index (χ2v) is 9.76. The van der Waals surface area contributed by atoms with Crippen molar-refractivity contribution in [1.82, 2.24) is 13.9 Å². The number of sulfonamides is 1. The van der Waals surface area contributed by atoms with Gasteiger partial charge in [-0.2, -0.15) is 4.31 Å². The quantitative estimate of drug-likeness (QED) is 0.633. The fourth-order valence-corrected chi connectivity index (χ4v) is 6.08. The zero-order chi connectivity index (χ0) is 19.2. The molecule has 0 spiro atoms. The largest absolute Gasteiger partial charge is 0.326 e. The van der Waals surface area contributed by atoms with E-state index in [9.17, 15) is 13.2 Å². The molecular weight excluding hydrogens is 454 g/mol. The van der Waals surface area contributed by atoms with Crippen molar-refractivity contribution >= 4 is 48.6 Å². The van der Waals surface area contributed by atoms with Gasteiger partial charge in [0, 0.05) is 23.6 Å². The van der Waals surface area contributed by atoms with Crippen LogP contribution in [-0.2, 0) is 10.0 Å². The lowest BCUT2D eigenvalue weighted by molar-refractivity contribution is 0.274. The summed E-state index contributed by atoms with van der Waals surface area (Å²) in [6.07, 6.45) is 1.13. The highest BCUT2D eigenvalue weighted by Gasteiger charge is 2.32. The second kappa shape index (κ2) is 7.09. The fourth-order valence-electron chi connectivity index (χ4n) is 3.60. The zero-order valence-corrected chi connectivity index (χ0v) is 17.4. The lowest BCUT2D eigenvalue weighted by atomic mass is 10.1. The number of hydrogen-bond donors (Lipinski definition) is 1. The summed E-state index contributed by atoms with van der Waals surface area (Å²) in [5, 5.41) is 0.194. The van der Waals surface area contributed by atoms with E-state index in [0.717, 1.165) is 15.5 Å². The first-order valence-electron chi connectivity index (χ1n) is 8.52. The number of para-hydroxylation sites is 2. The van der Waals surface area contributed by atoms with Crippen LogP contribution in [0.2, 0.25) is 5.02 Å². The predicted molar refractivity (Wildman–Crippen MR) is 109 cm³/mol. The highest BCUT2D eigenvalue weighted by atomic mass is 79.9.